The second kappa shape index (κ2) is 8.81. The second-order valence-corrected chi connectivity index (χ2v) is 9.51. The van der Waals surface area contributed by atoms with E-state index in [1.165, 1.54) is 23.5 Å². The third-order valence-corrected chi connectivity index (χ3v) is 7.37. The van der Waals surface area contributed by atoms with Crippen LogP contribution in [0.2, 0.25) is 0 Å². The first-order chi connectivity index (χ1) is 15.5. The van der Waals surface area contributed by atoms with Crippen molar-refractivity contribution in [2.45, 2.75) is 29.7 Å². The van der Waals surface area contributed by atoms with E-state index < -0.39 is 12.1 Å². The van der Waals surface area contributed by atoms with Crippen molar-refractivity contribution in [2.75, 3.05) is 0 Å². The number of thioether (sulfide) groups is 2. The van der Waals surface area contributed by atoms with Gasteiger partial charge in [-0.25, -0.2) is 4.79 Å². The molecule has 0 N–H and O–H groups in total. The van der Waals surface area contributed by atoms with Gasteiger partial charge in [0.2, 0.25) is 0 Å². The summed E-state index contributed by atoms with van der Waals surface area (Å²) in [7, 11) is 0. The van der Waals surface area contributed by atoms with Crippen LogP contribution in [0.4, 0.5) is 0 Å². The Morgan fingerprint density at radius 3 is 1.88 bits per heavy atom. The van der Waals surface area contributed by atoms with Gasteiger partial charge >= 0.3 is 5.97 Å². The average Bonchev–Trinajstić information content (AvgIpc) is 3.35. The molecule has 0 saturated carbocycles. The van der Waals surface area contributed by atoms with E-state index in [0.29, 0.717) is 27.8 Å². The molecule has 4 rings (SSSR count). The largest absolute Gasteiger partial charge is 0.459 e. The van der Waals surface area contributed by atoms with E-state index in [-0.39, 0.29) is 11.1 Å². The van der Waals surface area contributed by atoms with Gasteiger partial charge in [-0.05, 0) is 37.1 Å². The van der Waals surface area contributed by atoms with Crippen LogP contribution < -0.4 is 0 Å². The second-order valence-electron chi connectivity index (χ2n) is 7.15. The van der Waals surface area contributed by atoms with E-state index in [1.807, 2.05) is 42.5 Å². The van der Waals surface area contributed by atoms with Crippen LogP contribution in [0.5, 0.6) is 0 Å². The number of benzene rings is 2. The summed E-state index contributed by atoms with van der Waals surface area (Å²) in [6, 6.07) is 21.1. The molecule has 0 fully saturated rings. The quantitative estimate of drug-likeness (QED) is 0.320. The zero-order valence-electron chi connectivity index (χ0n) is 17.2. The number of ether oxygens (including phenoxy) is 1. The van der Waals surface area contributed by atoms with Crippen molar-refractivity contribution in [3.63, 3.8) is 0 Å². The molecule has 154 valence electrons. The Morgan fingerprint density at radius 2 is 1.38 bits per heavy atom. The fourth-order valence-corrected chi connectivity index (χ4v) is 6.19. The lowest BCUT2D eigenvalue weighted by Gasteiger charge is -2.12. The summed E-state index contributed by atoms with van der Waals surface area (Å²) < 4.78 is 6.16. The number of nitrogens with zero attached hydrogens (tertiary/aromatic N) is 3. The van der Waals surface area contributed by atoms with E-state index >= 15 is 0 Å². The summed E-state index contributed by atoms with van der Waals surface area (Å²) in [5, 5.41) is 29.4. The molecule has 0 aromatic heterocycles. The molecule has 0 amide bonds. The molecule has 7 heteroatoms. The standard InChI is InChI=1S/C25H15N3O2S2/c1-14(2)30-24(29)18(13-28)22-17-8-4-3-7-16(17)21(15(11-26)12-27)23(22)25-31-19-9-5-6-10-20(19)32-25/h3-10,14H,1-2H3/b22-18+. The van der Waals surface area contributed by atoms with Crippen molar-refractivity contribution in [3.05, 3.63) is 80.6 Å². The molecule has 2 aromatic carbocycles. The maximum Gasteiger partial charge on any atom is 0.349 e. The number of esters is 1. The van der Waals surface area contributed by atoms with E-state index in [4.69, 9.17) is 4.74 Å². The monoisotopic (exact) mass is 453 g/mol. The molecular weight excluding hydrogens is 438 g/mol. The lowest BCUT2D eigenvalue weighted by atomic mass is 9.98. The van der Waals surface area contributed by atoms with Crippen LogP contribution >= 0.6 is 23.5 Å². The van der Waals surface area contributed by atoms with Gasteiger partial charge in [0.25, 0.3) is 0 Å². The van der Waals surface area contributed by atoms with Crippen LogP contribution in [0, 0.1) is 34.0 Å². The Bertz CT molecular complexity index is 1340. The third-order valence-electron chi connectivity index (χ3n) is 4.81. The zero-order valence-corrected chi connectivity index (χ0v) is 18.8. The minimum Gasteiger partial charge on any atom is -0.459 e. The first-order valence-corrected chi connectivity index (χ1v) is 11.3. The summed E-state index contributed by atoms with van der Waals surface area (Å²) in [5.41, 5.74) is 2.45. The minimum absolute atomic E-state index is 0.0679. The molecule has 2 aromatic rings. The Labute approximate surface area is 194 Å². The van der Waals surface area contributed by atoms with Gasteiger partial charge < -0.3 is 4.74 Å². The van der Waals surface area contributed by atoms with Crippen molar-refractivity contribution in [2.24, 2.45) is 0 Å². The average molecular weight is 454 g/mol. The number of fused-ring (bicyclic) bond motifs is 2. The Morgan fingerprint density at radius 1 is 0.844 bits per heavy atom. The summed E-state index contributed by atoms with van der Waals surface area (Å²) in [4.78, 5) is 15.0. The van der Waals surface area contributed by atoms with Crippen molar-refractivity contribution >= 4 is 40.6 Å². The molecule has 32 heavy (non-hydrogen) atoms. The molecule has 2 aliphatic rings. The molecule has 0 bridgehead atoms. The lowest BCUT2D eigenvalue weighted by Crippen LogP contribution is -2.14. The topological polar surface area (TPSA) is 97.7 Å². The SMILES string of the molecule is CC(C)OC(=O)/C(C#N)=C1/C(=C2Sc3ccccc3S2)C(=C(C#N)C#N)c2ccccc21. The highest BCUT2D eigenvalue weighted by molar-refractivity contribution is 8.24. The number of carbonyl (C=O) groups excluding carboxylic acids is 1. The van der Waals surface area contributed by atoms with Gasteiger partial charge in [-0.1, -0.05) is 59.9 Å². The van der Waals surface area contributed by atoms with Gasteiger partial charge in [0.05, 0.1) is 10.3 Å². The highest BCUT2D eigenvalue weighted by Crippen LogP contribution is 2.59. The van der Waals surface area contributed by atoms with Gasteiger partial charge in [0, 0.05) is 26.5 Å². The van der Waals surface area contributed by atoms with Gasteiger partial charge in [0.1, 0.15) is 29.4 Å². The normalized spacial score (nSPS) is 15.4. The molecule has 1 aliphatic carbocycles. The maximum atomic E-state index is 12.9. The van der Waals surface area contributed by atoms with Crippen molar-refractivity contribution in [3.8, 4) is 18.2 Å². The zero-order chi connectivity index (χ0) is 22.8. The van der Waals surface area contributed by atoms with E-state index in [1.54, 1.807) is 38.1 Å². The smallest absolute Gasteiger partial charge is 0.349 e. The molecular formula is C25H15N3O2S2. The predicted molar refractivity (Wildman–Crippen MR) is 124 cm³/mol. The number of hydrogen-bond donors (Lipinski definition) is 0. The molecule has 1 heterocycles. The first-order valence-electron chi connectivity index (χ1n) is 9.69. The Balaban J connectivity index is 2.10. The Hall–Kier alpha value is -3.70. The molecule has 0 unspecified atom stereocenters. The molecule has 1 aliphatic heterocycles. The van der Waals surface area contributed by atoms with Crippen molar-refractivity contribution in [1.82, 2.24) is 0 Å². The molecule has 0 atom stereocenters. The van der Waals surface area contributed by atoms with Gasteiger partial charge in [-0.3, -0.25) is 0 Å². The van der Waals surface area contributed by atoms with Crippen LogP contribution in [-0.4, -0.2) is 12.1 Å². The summed E-state index contributed by atoms with van der Waals surface area (Å²) in [6.07, 6.45) is -0.400. The fraction of sp³-hybridized carbons (Fsp3) is 0.120. The van der Waals surface area contributed by atoms with E-state index in [9.17, 15) is 20.6 Å². The number of rotatable bonds is 2. The van der Waals surface area contributed by atoms with Crippen LogP contribution in [0.3, 0.4) is 0 Å². The minimum atomic E-state index is -0.729. The number of hydrogen-bond acceptors (Lipinski definition) is 7. The molecule has 0 spiro atoms. The first kappa shape index (κ1) is 21.5. The van der Waals surface area contributed by atoms with Crippen LogP contribution in [-0.2, 0) is 9.53 Å². The van der Waals surface area contributed by atoms with Gasteiger partial charge in [-0.15, -0.1) is 0 Å². The lowest BCUT2D eigenvalue weighted by molar-refractivity contribution is -0.142. The maximum absolute atomic E-state index is 12.9. The van der Waals surface area contributed by atoms with Gasteiger partial charge in [0.15, 0.2) is 0 Å². The third kappa shape index (κ3) is 3.61. The predicted octanol–water partition coefficient (Wildman–Crippen LogP) is 5.84. The summed E-state index contributed by atoms with van der Waals surface area (Å²) >= 11 is 2.99. The highest BCUT2D eigenvalue weighted by atomic mass is 32.2. The van der Waals surface area contributed by atoms with E-state index in [2.05, 4.69) is 0 Å². The van der Waals surface area contributed by atoms with Crippen LogP contribution in [0.15, 0.2) is 79.3 Å². The van der Waals surface area contributed by atoms with Gasteiger partial charge in [-0.2, -0.15) is 15.8 Å². The highest BCUT2D eigenvalue weighted by Gasteiger charge is 2.38. The summed E-state index contributed by atoms with van der Waals surface area (Å²) in [5.74, 6) is -0.729. The molecule has 0 radical (unpaired) electrons. The molecule has 0 saturated heterocycles. The van der Waals surface area contributed by atoms with E-state index in [0.717, 1.165) is 14.0 Å². The number of carbonyl (C=O) groups is 1. The number of allylic oxidation sites excluding steroid dienone is 4. The van der Waals surface area contributed by atoms with Crippen LogP contribution in [0.1, 0.15) is 25.0 Å². The van der Waals surface area contributed by atoms with Crippen molar-refractivity contribution < 1.29 is 9.53 Å². The Kier molecular flexibility index (Phi) is 5.93. The summed E-state index contributed by atoms with van der Waals surface area (Å²) in [6.45, 7) is 3.43. The fourth-order valence-electron chi connectivity index (χ4n) is 3.59. The number of nitriles is 3. The van der Waals surface area contributed by atoms with Crippen molar-refractivity contribution in [1.29, 1.82) is 15.8 Å². The molecule has 5 nitrogen and oxygen atoms in total. The van der Waals surface area contributed by atoms with Crippen LogP contribution in [0.25, 0.3) is 11.1 Å².